The molecule has 0 aromatic heterocycles. The average Bonchev–Trinajstić information content (AvgIpc) is 2.28. The maximum absolute atomic E-state index is 13.6. The van der Waals surface area contributed by atoms with Crippen LogP contribution in [0.1, 0.15) is 26.7 Å². The highest BCUT2D eigenvalue weighted by molar-refractivity contribution is 5.37. The van der Waals surface area contributed by atoms with E-state index in [1.54, 1.807) is 6.92 Å². The molecule has 0 radical (unpaired) electrons. The fourth-order valence-corrected chi connectivity index (χ4v) is 1.17. The van der Waals surface area contributed by atoms with Gasteiger partial charge in [0, 0.05) is 6.61 Å². The zero-order chi connectivity index (χ0) is 13.5. The Morgan fingerprint density at radius 3 is 2.35 bits per heavy atom. The molecule has 0 aliphatic heterocycles. The molecule has 0 heterocycles. The first-order valence-corrected chi connectivity index (χ1v) is 5.57. The number of allylic oxidation sites excluding steroid dienone is 3. The van der Waals surface area contributed by atoms with Crippen LogP contribution in [0.3, 0.4) is 0 Å². The predicted molar refractivity (Wildman–Crippen MR) is 63.8 cm³/mol. The van der Waals surface area contributed by atoms with E-state index in [4.69, 9.17) is 4.74 Å². The van der Waals surface area contributed by atoms with E-state index in [0.717, 1.165) is 6.08 Å². The standard InChI is InChI=1S/C13H19F3O/c1-5-8-17-9-13(15,16)11(7-3)12(14)10(4)6-2/h7H,3-6,8-9H2,1-2H3/b12-11-. The quantitative estimate of drug-likeness (QED) is 0.456. The lowest BCUT2D eigenvalue weighted by molar-refractivity contribution is -0.0472. The number of ether oxygens (including phenoxy) is 1. The van der Waals surface area contributed by atoms with Crippen molar-refractivity contribution in [3.05, 3.63) is 36.2 Å². The predicted octanol–water partition coefficient (Wildman–Crippen LogP) is 4.42. The lowest BCUT2D eigenvalue weighted by atomic mass is 10.0. The Kier molecular flexibility index (Phi) is 6.88. The van der Waals surface area contributed by atoms with Crippen molar-refractivity contribution in [1.29, 1.82) is 0 Å². The van der Waals surface area contributed by atoms with Crippen LogP contribution in [0.2, 0.25) is 0 Å². The van der Waals surface area contributed by atoms with Gasteiger partial charge < -0.3 is 4.74 Å². The van der Waals surface area contributed by atoms with Crippen LogP contribution in [0.25, 0.3) is 0 Å². The molecule has 0 aliphatic carbocycles. The molecule has 0 N–H and O–H groups in total. The highest BCUT2D eigenvalue weighted by Crippen LogP contribution is 2.32. The molecule has 0 aliphatic rings. The summed E-state index contributed by atoms with van der Waals surface area (Å²) in [6, 6.07) is 0. The molecule has 0 aromatic rings. The SMILES string of the molecule is C=C/C(=C(/F)C(=C)CC)C(F)(F)COCCC. The molecule has 0 bridgehead atoms. The first-order chi connectivity index (χ1) is 7.90. The van der Waals surface area contributed by atoms with Crippen LogP contribution in [-0.2, 0) is 4.74 Å². The second kappa shape index (κ2) is 7.33. The molecule has 0 aromatic carbocycles. The van der Waals surface area contributed by atoms with Crippen LogP contribution in [-0.4, -0.2) is 19.1 Å². The van der Waals surface area contributed by atoms with E-state index >= 15 is 0 Å². The van der Waals surface area contributed by atoms with E-state index in [9.17, 15) is 13.2 Å². The van der Waals surface area contributed by atoms with Gasteiger partial charge in [-0.25, -0.2) is 4.39 Å². The zero-order valence-electron chi connectivity index (χ0n) is 10.4. The Bertz CT molecular complexity index is 306. The fourth-order valence-electron chi connectivity index (χ4n) is 1.17. The molecule has 0 amide bonds. The molecule has 0 rings (SSSR count). The second-order valence-corrected chi connectivity index (χ2v) is 3.65. The number of alkyl halides is 2. The minimum Gasteiger partial charge on any atom is -0.375 e. The average molecular weight is 248 g/mol. The fraction of sp³-hybridized carbons (Fsp3) is 0.538. The summed E-state index contributed by atoms with van der Waals surface area (Å²) in [4.78, 5) is 0. The van der Waals surface area contributed by atoms with Gasteiger partial charge in [-0.2, -0.15) is 8.78 Å². The Labute approximate surface area is 101 Å². The van der Waals surface area contributed by atoms with Crippen molar-refractivity contribution in [3.63, 3.8) is 0 Å². The van der Waals surface area contributed by atoms with Crippen molar-refractivity contribution in [2.45, 2.75) is 32.6 Å². The Morgan fingerprint density at radius 1 is 1.35 bits per heavy atom. The minimum absolute atomic E-state index is 0.0371. The summed E-state index contributed by atoms with van der Waals surface area (Å²) < 4.78 is 45.7. The number of rotatable bonds is 8. The summed E-state index contributed by atoms with van der Waals surface area (Å²) in [6.07, 6.45) is 1.73. The number of hydrogen-bond acceptors (Lipinski definition) is 1. The van der Waals surface area contributed by atoms with Crippen molar-refractivity contribution in [2.75, 3.05) is 13.2 Å². The molecule has 0 atom stereocenters. The van der Waals surface area contributed by atoms with Gasteiger partial charge in [-0.1, -0.05) is 33.1 Å². The van der Waals surface area contributed by atoms with Gasteiger partial charge in [0.15, 0.2) is 0 Å². The van der Waals surface area contributed by atoms with Crippen molar-refractivity contribution < 1.29 is 17.9 Å². The van der Waals surface area contributed by atoms with Gasteiger partial charge in [-0.05, 0) is 18.4 Å². The van der Waals surface area contributed by atoms with Crippen molar-refractivity contribution >= 4 is 0 Å². The number of hydrogen-bond donors (Lipinski definition) is 0. The molecule has 1 nitrogen and oxygen atoms in total. The summed E-state index contributed by atoms with van der Waals surface area (Å²) >= 11 is 0. The Hall–Kier alpha value is -1.03. The first-order valence-electron chi connectivity index (χ1n) is 5.57. The first kappa shape index (κ1) is 16.0. The molecule has 0 spiro atoms. The third-order valence-electron chi connectivity index (χ3n) is 2.20. The third-order valence-corrected chi connectivity index (χ3v) is 2.20. The van der Waals surface area contributed by atoms with Crippen LogP contribution in [0.15, 0.2) is 36.2 Å². The van der Waals surface area contributed by atoms with E-state index in [0.29, 0.717) is 6.42 Å². The second-order valence-electron chi connectivity index (χ2n) is 3.65. The highest BCUT2D eigenvalue weighted by Gasteiger charge is 2.36. The molecule has 0 fully saturated rings. The molecule has 0 saturated carbocycles. The number of halogens is 3. The van der Waals surface area contributed by atoms with Crippen LogP contribution in [0.5, 0.6) is 0 Å². The normalized spacial score (nSPS) is 13.2. The van der Waals surface area contributed by atoms with Gasteiger partial charge in [-0.3, -0.25) is 0 Å². The van der Waals surface area contributed by atoms with Gasteiger partial charge >= 0.3 is 0 Å². The topological polar surface area (TPSA) is 9.23 Å². The lowest BCUT2D eigenvalue weighted by Crippen LogP contribution is -2.27. The summed E-state index contributed by atoms with van der Waals surface area (Å²) in [7, 11) is 0. The smallest absolute Gasteiger partial charge is 0.298 e. The van der Waals surface area contributed by atoms with Crippen molar-refractivity contribution in [2.24, 2.45) is 0 Å². The molecule has 0 saturated heterocycles. The maximum atomic E-state index is 13.6. The van der Waals surface area contributed by atoms with Gasteiger partial charge in [-0.15, -0.1) is 0 Å². The van der Waals surface area contributed by atoms with Crippen molar-refractivity contribution in [3.8, 4) is 0 Å². The van der Waals surface area contributed by atoms with Gasteiger partial charge in [0.2, 0.25) is 0 Å². The Balaban J connectivity index is 4.96. The van der Waals surface area contributed by atoms with Crippen LogP contribution < -0.4 is 0 Å². The molecule has 98 valence electrons. The van der Waals surface area contributed by atoms with Crippen LogP contribution in [0.4, 0.5) is 13.2 Å². The summed E-state index contributed by atoms with van der Waals surface area (Å²) in [5.41, 5.74) is -0.712. The summed E-state index contributed by atoms with van der Waals surface area (Å²) in [5, 5.41) is 0. The van der Waals surface area contributed by atoms with E-state index in [1.165, 1.54) is 0 Å². The largest absolute Gasteiger partial charge is 0.375 e. The third kappa shape index (κ3) is 4.77. The lowest BCUT2D eigenvalue weighted by Gasteiger charge is -2.19. The molecule has 0 unspecified atom stereocenters. The van der Waals surface area contributed by atoms with Crippen LogP contribution in [0, 0.1) is 0 Å². The zero-order valence-corrected chi connectivity index (χ0v) is 10.4. The van der Waals surface area contributed by atoms with E-state index in [1.807, 2.05) is 6.92 Å². The van der Waals surface area contributed by atoms with E-state index in [2.05, 4.69) is 13.2 Å². The monoisotopic (exact) mass is 248 g/mol. The highest BCUT2D eigenvalue weighted by atomic mass is 19.3. The van der Waals surface area contributed by atoms with E-state index < -0.39 is 23.9 Å². The molecular weight excluding hydrogens is 229 g/mol. The van der Waals surface area contributed by atoms with Gasteiger partial charge in [0.1, 0.15) is 12.4 Å². The molecule has 4 heteroatoms. The summed E-state index contributed by atoms with van der Waals surface area (Å²) in [5.74, 6) is -4.37. The maximum Gasteiger partial charge on any atom is 0.298 e. The van der Waals surface area contributed by atoms with Crippen LogP contribution >= 0.6 is 0 Å². The van der Waals surface area contributed by atoms with E-state index in [-0.39, 0.29) is 18.6 Å². The molecule has 17 heavy (non-hydrogen) atoms. The minimum atomic E-state index is -3.38. The van der Waals surface area contributed by atoms with Crippen molar-refractivity contribution in [1.82, 2.24) is 0 Å². The van der Waals surface area contributed by atoms with Gasteiger partial charge in [0.05, 0.1) is 5.57 Å². The van der Waals surface area contributed by atoms with Gasteiger partial charge in [0.25, 0.3) is 5.92 Å². The summed E-state index contributed by atoms with van der Waals surface area (Å²) in [6.45, 7) is 9.45. The molecular formula is C13H19F3O. The Morgan fingerprint density at radius 2 is 1.94 bits per heavy atom.